The molecule has 0 heterocycles. The topological polar surface area (TPSA) is 49.4 Å². The van der Waals surface area contributed by atoms with Crippen LogP contribution >= 0.6 is 0 Å². The molecule has 1 amide bonds. The zero-order valence-corrected chi connectivity index (χ0v) is 29.4. The number of unbranched alkanes of at least 4 members (excludes halogenated alkanes) is 1. The van der Waals surface area contributed by atoms with Crippen LogP contribution in [0.2, 0.25) is 0 Å². The number of benzene rings is 1. The van der Waals surface area contributed by atoms with Gasteiger partial charge in [0.1, 0.15) is 6.29 Å². The SMILES string of the molecule is C=C(CCN(CCC)CCC)CC(C)(CCCC)CCNC=O.CC.CC.CC.CC=O.Cc1ccc(C)cc1. The van der Waals surface area contributed by atoms with E-state index in [2.05, 4.69) is 82.6 Å². The fourth-order valence-electron chi connectivity index (χ4n) is 3.95. The molecule has 0 radical (unpaired) electrons. The average molecular weight is 565 g/mol. The number of aldehydes is 1. The van der Waals surface area contributed by atoms with E-state index < -0.39 is 0 Å². The Hall–Kier alpha value is -1.94. The third-order valence-corrected chi connectivity index (χ3v) is 5.85. The summed E-state index contributed by atoms with van der Waals surface area (Å²) in [6.45, 7) is 35.4. The Kier molecular flexibility index (Phi) is 46.9. The first-order valence-corrected chi connectivity index (χ1v) is 16.2. The first-order chi connectivity index (χ1) is 19.2. The fraction of sp³-hybridized carbons (Fsp3) is 0.722. The third-order valence-electron chi connectivity index (χ3n) is 5.85. The second-order valence-corrected chi connectivity index (χ2v) is 9.65. The number of hydrogen-bond acceptors (Lipinski definition) is 3. The van der Waals surface area contributed by atoms with E-state index in [-0.39, 0.29) is 5.41 Å². The maximum absolute atomic E-state index is 10.5. The molecular formula is C36H72N2O2. The molecule has 1 atom stereocenters. The molecule has 0 bridgehead atoms. The van der Waals surface area contributed by atoms with Crippen LogP contribution in [0.5, 0.6) is 0 Å². The Labute approximate surface area is 252 Å². The maximum atomic E-state index is 10.5. The van der Waals surface area contributed by atoms with Crippen molar-refractivity contribution in [2.24, 2.45) is 5.41 Å². The molecule has 0 spiro atoms. The summed E-state index contributed by atoms with van der Waals surface area (Å²) in [6, 6.07) is 8.48. The van der Waals surface area contributed by atoms with Gasteiger partial charge < -0.3 is 15.0 Å². The van der Waals surface area contributed by atoms with Crippen LogP contribution in [0.15, 0.2) is 36.4 Å². The van der Waals surface area contributed by atoms with Crippen LogP contribution in [0.3, 0.4) is 0 Å². The van der Waals surface area contributed by atoms with Gasteiger partial charge in [0, 0.05) is 13.1 Å². The van der Waals surface area contributed by atoms with Crippen molar-refractivity contribution in [3.8, 4) is 0 Å². The molecule has 1 unspecified atom stereocenters. The van der Waals surface area contributed by atoms with Gasteiger partial charge in [0.15, 0.2) is 0 Å². The molecule has 0 saturated heterocycles. The maximum Gasteiger partial charge on any atom is 0.207 e. The van der Waals surface area contributed by atoms with Crippen LogP contribution in [0.4, 0.5) is 0 Å². The number of aryl methyl sites for hydroxylation is 2. The first kappa shape index (κ1) is 47.8. The van der Waals surface area contributed by atoms with Crippen LogP contribution in [-0.4, -0.2) is 43.8 Å². The molecule has 238 valence electrons. The zero-order valence-electron chi connectivity index (χ0n) is 29.4. The summed E-state index contributed by atoms with van der Waals surface area (Å²) >= 11 is 0. The van der Waals surface area contributed by atoms with Gasteiger partial charge in [0.2, 0.25) is 6.41 Å². The van der Waals surface area contributed by atoms with Crippen molar-refractivity contribution in [2.45, 2.75) is 141 Å². The van der Waals surface area contributed by atoms with Crippen molar-refractivity contribution in [3.05, 3.63) is 47.5 Å². The lowest BCUT2D eigenvalue weighted by molar-refractivity contribution is -0.109. The molecule has 1 aromatic rings. The van der Waals surface area contributed by atoms with E-state index in [0.717, 1.165) is 45.0 Å². The monoisotopic (exact) mass is 565 g/mol. The second kappa shape index (κ2) is 39.2. The molecule has 4 nitrogen and oxygen atoms in total. The van der Waals surface area contributed by atoms with Gasteiger partial charge in [-0.25, -0.2) is 0 Å². The van der Waals surface area contributed by atoms with Crippen LogP contribution < -0.4 is 5.32 Å². The number of carbonyl (C=O) groups excluding carboxylic acids is 2. The molecular weight excluding hydrogens is 492 g/mol. The minimum atomic E-state index is 0.267. The summed E-state index contributed by atoms with van der Waals surface area (Å²) < 4.78 is 0. The van der Waals surface area contributed by atoms with Gasteiger partial charge in [-0.1, -0.05) is 130 Å². The van der Waals surface area contributed by atoms with E-state index in [1.54, 1.807) is 0 Å². The predicted octanol–water partition coefficient (Wildman–Crippen LogP) is 10.4. The Balaban J connectivity index is -0.000000196. The van der Waals surface area contributed by atoms with E-state index in [4.69, 9.17) is 4.79 Å². The van der Waals surface area contributed by atoms with Gasteiger partial charge in [0.05, 0.1) is 0 Å². The summed E-state index contributed by atoms with van der Waals surface area (Å²) in [5.74, 6) is 0. The molecule has 1 aromatic carbocycles. The second-order valence-electron chi connectivity index (χ2n) is 9.65. The predicted molar refractivity (Wildman–Crippen MR) is 183 cm³/mol. The molecule has 4 heteroatoms. The normalized spacial score (nSPS) is 10.6. The summed E-state index contributed by atoms with van der Waals surface area (Å²) in [5.41, 5.74) is 4.29. The van der Waals surface area contributed by atoms with Crippen molar-refractivity contribution >= 4 is 12.7 Å². The molecule has 0 aliphatic heterocycles. The Morgan fingerprint density at radius 1 is 0.825 bits per heavy atom. The van der Waals surface area contributed by atoms with Gasteiger partial charge >= 0.3 is 0 Å². The van der Waals surface area contributed by atoms with E-state index >= 15 is 0 Å². The summed E-state index contributed by atoms with van der Waals surface area (Å²) in [4.78, 5) is 21.9. The Morgan fingerprint density at radius 2 is 1.25 bits per heavy atom. The van der Waals surface area contributed by atoms with Gasteiger partial charge in [-0.05, 0) is 77.8 Å². The quantitative estimate of drug-likeness (QED) is 0.123. The Morgan fingerprint density at radius 3 is 1.60 bits per heavy atom. The van der Waals surface area contributed by atoms with Crippen molar-refractivity contribution in [2.75, 3.05) is 26.2 Å². The lowest BCUT2D eigenvalue weighted by Crippen LogP contribution is -2.28. The van der Waals surface area contributed by atoms with E-state index in [0.29, 0.717) is 0 Å². The standard InChI is InChI=1S/C20H40N2O.C8H10.C2H4O.3C2H6/c1-6-9-11-20(5,12-13-21-18-23)17-19(4)10-16-22(14-7-2)15-8-3;1-7-3-5-8(2)6-4-7;1-2-3;3*1-2/h18H,4,6-17H2,1-3,5H3,(H,21,23);3-6H,1-2H3;2H,1H3;3*1-2H3. The number of carbonyl (C=O) groups is 2. The first-order valence-electron chi connectivity index (χ1n) is 16.2. The molecule has 0 aromatic heterocycles. The molecule has 1 rings (SSSR count). The van der Waals surface area contributed by atoms with E-state index in [1.165, 1.54) is 68.8 Å². The van der Waals surface area contributed by atoms with Gasteiger partial charge in [-0.15, -0.1) is 0 Å². The number of nitrogens with zero attached hydrogens (tertiary/aromatic N) is 1. The zero-order chi connectivity index (χ0) is 32.2. The van der Waals surface area contributed by atoms with Crippen LogP contribution in [0.1, 0.15) is 139 Å². The van der Waals surface area contributed by atoms with Crippen molar-refractivity contribution in [1.82, 2.24) is 10.2 Å². The molecule has 0 aliphatic rings. The van der Waals surface area contributed by atoms with E-state index in [1.807, 2.05) is 41.5 Å². The van der Waals surface area contributed by atoms with Crippen LogP contribution in [-0.2, 0) is 9.59 Å². The van der Waals surface area contributed by atoms with Gasteiger partial charge in [0.25, 0.3) is 0 Å². The number of hydrogen-bond donors (Lipinski definition) is 1. The largest absolute Gasteiger partial charge is 0.359 e. The molecule has 1 N–H and O–H groups in total. The fourth-order valence-corrected chi connectivity index (χ4v) is 3.95. The third kappa shape index (κ3) is 36.1. The lowest BCUT2D eigenvalue weighted by atomic mass is 9.76. The minimum absolute atomic E-state index is 0.267. The summed E-state index contributed by atoms with van der Waals surface area (Å²) in [5, 5.41) is 2.82. The number of rotatable bonds is 16. The highest BCUT2D eigenvalue weighted by atomic mass is 16.1. The van der Waals surface area contributed by atoms with Crippen molar-refractivity contribution < 1.29 is 9.59 Å². The molecule has 0 fully saturated rings. The lowest BCUT2D eigenvalue weighted by Gasteiger charge is -2.31. The summed E-state index contributed by atoms with van der Waals surface area (Å²) in [6.07, 6.45) is 10.9. The van der Waals surface area contributed by atoms with Gasteiger partial charge in [-0.3, -0.25) is 4.79 Å². The molecule has 0 aliphatic carbocycles. The van der Waals surface area contributed by atoms with Crippen molar-refractivity contribution in [3.63, 3.8) is 0 Å². The van der Waals surface area contributed by atoms with Crippen LogP contribution in [0, 0.1) is 19.3 Å². The highest BCUT2D eigenvalue weighted by Gasteiger charge is 2.24. The van der Waals surface area contributed by atoms with Crippen LogP contribution in [0.25, 0.3) is 0 Å². The molecule has 40 heavy (non-hydrogen) atoms. The smallest absolute Gasteiger partial charge is 0.207 e. The highest BCUT2D eigenvalue weighted by Crippen LogP contribution is 2.35. The Bertz CT molecular complexity index is 601. The average Bonchev–Trinajstić information content (AvgIpc) is 2.97. The summed E-state index contributed by atoms with van der Waals surface area (Å²) in [7, 11) is 0. The molecule has 0 saturated carbocycles. The highest BCUT2D eigenvalue weighted by molar-refractivity contribution is 5.45. The van der Waals surface area contributed by atoms with E-state index in [9.17, 15) is 4.79 Å². The minimum Gasteiger partial charge on any atom is -0.359 e. The van der Waals surface area contributed by atoms with Gasteiger partial charge in [-0.2, -0.15) is 0 Å². The van der Waals surface area contributed by atoms with Crippen molar-refractivity contribution in [1.29, 1.82) is 0 Å². The number of nitrogens with one attached hydrogen (secondary N) is 1. The number of amides is 1.